The predicted molar refractivity (Wildman–Crippen MR) is 85.0 cm³/mol. The average molecular weight is 335 g/mol. The van der Waals surface area contributed by atoms with Crippen LogP contribution in [-0.2, 0) is 21.6 Å². The molecule has 1 aliphatic rings. The van der Waals surface area contributed by atoms with Gasteiger partial charge in [0.05, 0.1) is 5.41 Å². The number of rotatable bonds is 4. The van der Waals surface area contributed by atoms with Gasteiger partial charge >= 0.3 is 5.97 Å². The maximum absolute atomic E-state index is 12.9. The van der Waals surface area contributed by atoms with Crippen molar-refractivity contribution in [1.29, 1.82) is 0 Å². The monoisotopic (exact) mass is 334 g/mol. The largest absolute Gasteiger partial charge is 0.455 e. The minimum Gasteiger partial charge on any atom is -0.455 e. The first-order valence-corrected chi connectivity index (χ1v) is 8.20. The zero-order chi connectivity index (χ0) is 16.3. The van der Waals surface area contributed by atoms with Crippen molar-refractivity contribution in [3.63, 3.8) is 0 Å². The fourth-order valence-corrected chi connectivity index (χ4v) is 3.41. The molecule has 3 rings (SSSR count). The molecule has 1 saturated carbocycles. The lowest BCUT2D eigenvalue weighted by molar-refractivity contribution is -0.154. The number of esters is 1. The summed E-state index contributed by atoms with van der Waals surface area (Å²) in [6.45, 7) is 1.73. The first-order valence-electron chi connectivity index (χ1n) is 7.83. The van der Waals surface area contributed by atoms with Gasteiger partial charge in [0.25, 0.3) is 5.89 Å². The van der Waals surface area contributed by atoms with Gasteiger partial charge in [-0.1, -0.05) is 48.2 Å². The Bertz CT molecular complexity index is 693. The quantitative estimate of drug-likeness (QED) is 0.791. The Labute approximate surface area is 140 Å². The van der Waals surface area contributed by atoms with Crippen molar-refractivity contribution in [2.75, 3.05) is 0 Å². The summed E-state index contributed by atoms with van der Waals surface area (Å²) in [5, 5.41) is 4.33. The van der Waals surface area contributed by atoms with Crippen molar-refractivity contribution in [2.24, 2.45) is 0 Å². The van der Waals surface area contributed by atoms with E-state index in [4.69, 9.17) is 20.9 Å². The van der Waals surface area contributed by atoms with Crippen LogP contribution in [-0.4, -0.2) is 16.1 Å². The van der Waals surface area contributed by atoms with E-state index < -0.39 is 5.41 Å². The number of nitrogens with zero attached hydrogens (tertiary/aromatic N) is 2. The molecule has 0 amide bonds. The second-order valence-corrected chi connectivity index (χ2v) is 6.40. The second-order valence-electron chi connectivity index (χ2n) is 5.96. The molecule has 6 heteroatoms. The summed E-state index contributed by atoms with van der Waals surface area (Å²) in [6, 6.07) is 7.51. The Morgan fingerprint density at radius 1 is 1.35 bits per heavy atom. The van der Waals surface area contributed by atoms with Crippen LogP contribution in [0.1, 0.15) is 49.4 Å². The van der Waals surface area contributed by atoms with Crippen molar-refractivity contribution in [3.8, 4) is 0 Å². The number of carbonyl (C=O) groups excluding carboxylic acids is 1. The summed E-state index contributed by atoms with van der Waals surface area (Å²) in [6.07, 6.45) is 4.69. The van der Waals surface area contributed by atoms with Gasteiger partial charge in [0.2, 0.25) is 0 Å². The molecule has 1 heterocycles. The van der Waals surface area contributed by atoms with E-state index in [2.05, 4.69) is 10.1 Å². The number of halogens is 1. The van der Waals surface area contributed by atoms with Crippen LogP contribution in [0, 0.1) is 6.92 Å². The van der Waals surface area contributed by atoms with Crippen LogP contribution in [0.3, 0.4) is 0 Å². The van der Waals surface area contributed by atoms with Crippen LogP contribution in [0.4, 0.5) is 0 Å². The summed E-state index contributed by atoms with van der Waals surface area (Å²) >= 11 is 6.12. The maximum Gasteiger partial charge on any atom is 0.317 e. The topological polar surface area (TPSA) is 65.2 Å². The first kappa shape index (κ1) is 16.0. The number of aromatic nitrogens is 2. The molecule has 23 heavy (non-hydrogen) atoms. The SMILES string of the molecule is Cc1noc(COC(=O)C2(c3cccc(Cl)c3)CCCCC2)n1. The third kappa shape index (κ3) is 3.39. The fraction of sp³-hybridized carbons (Fsp3) is 0.471. The molecule has 2 aromatic rings. The van der Waals surface area contributed by atoms with Crippen LogP contribution in [0.15, 0.2) is 28.8 Å². The molecule has 1 fully saturated rings. The molecule has 1 aromatic carbocycles. The predicted octanol–water partition coefficient (Wildman–Crippen LogP) is 3.98. The highest BCUT2D eigenvalue weighted by Crippen LogP contribution is 2.41. The van der Waals surface area contributed by atoms with Crippen LogP contribution in [0.25, 0.3) is 0 Å². The summed E-state index contributed by atoms with van der Waals surface area (Å²) in [7, 11) is 0. The standard InChI is InChI=1S/C17H19ClN2O3/c1-12-19-15(23-20-12)11-22-16(21)17(8-3-2-4-9-17)13-6-5-7-14(18)10-13/h5-7,10H,2-4,8-9,11H2,1H3. The molecule has 1 aliphatic carbocycles. The van der Waals surface area contributed by atoms with Crippen molar-refractivity contribution in [3.05, 3.63) is 46.6 Å². The van der Waals surface area contributed by atoms with E-state index in [9.17, 15) is 4.79 Å². The average Bonchev–Trinajstić information content (AvgIpc) is 2.98. The van der Waals surface area contributed by atoms with Gasteiger partial charge in [-0.15, -0.1) is 0 Å². The van der Waals surface area contributed by atoms with Crippen LogP contribution >= 0.6 is 11.6 Å². The molecule has 0 saturated heterocycles. The highest BCUT2D eigenvalue weighted by molar-refractivity contribution is 6.30. The van der Waals surface area contributed by atoms with Gasteiger partial charge in [0, 0.05) is 5.02 Å². The third-order valence-electron chi connectivity index (χ3n) is 4.37. The minimum absolute atomic E-state index is 0.00197. The summed E-state index contributed by atoms with van der Waals surface area (Å²) in [4.78, 5) is 16.9. The second kappa shape index (κ2) is 6.71. The van der Waals surface area contributed by atoms with E-state index in [-0.39, 0.29) is 12.6 Å². The molecule has 122 valence electrons. The van der Waals surface area contributed by atoms with E-state index in [1.807, 2.05) is 24.3 Å². The van der Waals surface area contributed by atoms with Gasteiger partial charge in [0.15, 0.2) is 12.4 Å². The number of benzene rings is 1. The minimum atomic E-state index is -0.627. The Morgan fingerprint density at radius 2 is 2.13 bits per heavy atom. The van der Waals surface area contributed by atoms with Gasteiger partial charge in [-0.3, -0.25) is 4.79 Å². The van der Waals surface area contributed by atoms with Crippen LogP contribution in [0.5, 0.6) is 0 Å². The van der Waals surface area contributed by atoms with E-state index in [1.165, 1.54) is 0 Å². The summed E-state index contributed by atoms with van der Waals surface area (Å²) < 4.78 is 10.5. The van der Waals surface area contributed by atoms with Gasteiger partial charge in [-0.2, -0.15) is 4.98 Å². The van der Waals surface area contributed by atoms with Gasteiger partial charge in [-0.05, 0) is 37.5 Å². The molecule has 0 atom stereocenters. The number of aryl methyl sites for hydroxylation is 1. The zero-order valence-electron chi connectivity index (χ0n) is 13.0. The fourth-order valence-electron chi connectivity index (χ4n) is 3.22. The molecule has 1 aromatic heterocycles. The van der Waals surface area contributed by atoms with E-state index >= 15 is 0 Å². The molecular weight excluding hydrogens is 316 g/mol. The van der Waals surface area contributed by atoms with E-state index in [0.29, 0.717) is 16.7 Å². The lowest BCUT2D eigenvalue weighted by Gasteiger charge is -2.35. The maximum atomic E-state index is 12.9. The Hall–Kier alpha value is -1.88. The van der Waals surface area contributed by atoms with Crippen molar-refractivity contribution in [2.45, 2.75) is 51.0 Å². The van der Waals surface area contributed by atoms with E-state index in [0.717, 1.165) is 37.7 Å². The highest BCUT2D eigenvalue weighted by atomic mass is 35.5. The van der Waals surface area contributed by atoms with E-state index in [1.54, 1.807) is 6.92 Å². The van der Waals surface area contributed by atoms with Crippen molar-refractivity contribution >= 4 is 17.6 Å². The summed E-state index contributed by atoms with van der Waals surface area (Å²) in [5.41, 5.74) is 0.300. The Balaban J connectivity index is 1.82. The Kier molecular flexibility index (Phi) is 4.66. The number of hydrogen-bond acceptors (Lipinski definition) is 5. The molecule has 0 bridgehead atoms. The molecule has 5 nitrogen and oxygen atoms in total. The van der Waals surface area contributed by atoms with Gasteiger partial charge < -0.3 is 9.26 Å². The molecule has 0 radical (unpaired) electrons. The molecule has 0 aliphatic heterocycles. The van der Waals surface area contributed by atoms with Crippen molar-refractivity contribution in [1.82, 2.24) is 10.1 Å². The van der Waals surface area contributed by atoms with Crippen molar-refractivity contribution < 1.29 is 14.1 Å². The zero-order valence-corrected chi connectivity index (χ0v) is 13.8. The normalized spacial score (nSPS) is 17.0. The number of hydrogen-bond donors (Lipinski definition) is 0. The first-order chi connectivity index (χ1) is 11.1. The third-order valence-corrected chi connectivity index (χ3v) is 4.61. The highest BCUT2D eigenvalue weighted by Gasteiger charge is 2.42. The molecule has 0 unspecified atom stereocenters. The number of ether oxygens (including phenoxy) is 1. The van der Waals surface area contributed by atoms with Gasteiger partial charge in [0.1, 0.15) is 0 Å². The van der Waals surface area contributed by atoms with Gasteiger partial charge in [-0.25, -0.2) is 0 Å². The number of carbonyl (C=O) groups is 1. The molecule has 0 N–H and O–H groups in total. The van der Waals surface area contributed by atoms with Crippen LogP contribution < -0.4 is 0 Å². The molecular formula is C17H19ClN2O3. The molecule has 0 spiro atoms. The lowest BCUT2D eigenvalue weighted by Crippen LogP contribution is -2.39. The summed E-state index contributed by atoms with van der Waals surface area (Å²) in [5.74, 6) is 0.599. The lowest BCUT2D eigenvalue weighted by atomic mass is 9.69. The van der Waals surface area contributed by atoms with Crippen LogP contribution in [0.2, 0.25) is 5.02 Å². The smallest absolute Gasteiger partial charge is 0.317 e. The Morgan fingerprint density at radius 3 is 2.78 bits per heavy atom.